The SMILES string of the molecule is COCc1cccc(C(=O)NC2CCCNC2C)c1.Cl. The maximum Gasteiger partial charge on any atom is 0.251 e. The van der Waals surface area contributed by atoms with Gasteiger partial charge in [-0.2, -0.15) is 0 Å². The number of hydrogen-bond donors (Lipinski definition) is 2. The number of halogens is 1. The molecule has 1 heterocycles. The van der Waals surface area contributed by atoms with Crippen molar-refractivity contribution in [3.63, 3.8) is 0 Å². The Kier molecular flexibility index (Phi) is 6.99. The zero-order valence-corrected chi connectivity index (χ0v) is 12.8. The van der Waals surface area contributed by atoms with Crippen molar-refractivity contribution >= 4 is 18.3 Å². The maximum absolute atomic E-state index is 12.2. The molecule has 0 radical (unpaired) electrons. The van der Waals surface area contributed by atoms with Crippen LogP contribution in [0.25, 0.3) is 0 Å². The van der Waals surface area contributed by atoms with Crippen molar-refractivity contribution in [3.8, 4) is 0 Å². The number of rotatable bonds is 4. The van der Waals surface area contributed by atoms with Crippen LogP contribution in [-0.4, -0.2) is 31.6 Å². The van der Waals surface area contributed by atoms with Crippen LogP contribution < -0.4 is 10.6 Å². The fourth-order valence-electron chi connectivity index (χ4n) is 2.46. The van der Waals surface area contributed by atoms with Crippen LogP contribution in [0, 0.1) is 0 Å². The molecule has 1 fully saturated rings. The van der Waals surface area contributed by atoms with E-state index >= 15 is 0 Å². The third-order valence-corrected chi connectivity index (χ3v) is 3.58. The van der Waals surface area contributed by atoms with Gasteiger partial charge in [0.25, 0.3) is 5.91 Å². The number of benzene rings is 1. The molecule has 2 N–H and O–H groups in total. The van der Waals surface area contributed by atoms with E-state index in [9.17, 15) is 4.79 Å². The lowest BCUT2D eigenvalue weighted by atomic mass is 9.99. The molecule has 1 amide bonds. The molecule has 20 heavy (non-hydrogen) atoms. The second kappa shape index (κ2) is 8.25. The number of ether oxygens (including phenoxy) is 1. The molecule has 0 bridgehead atoms. The average molecular weight is 299 g/mol. The third kappa shape index (κ3) is 4.47. The quantitative estimate of drug-likeness (QED) is 0.895. The predicted octanol–water partition coefficient (Wildman–Crippen LogP) is 2.13. The lowest BCUT2D eigenvalue weighted by Gasteiger charge is -2.30. The lowest BCUT2D eigenvalue weighted by Crippen LogP contribution is -2.51. The van der Waals surface area contributed by atoms with E-state index in [2.05, 4.69) is 17.6 Å². The first-order valence-electron chi connectivity index (χ1n) is 6.83. The second-order valence-corrected chi connectivity index (χ2v) is 5.10. The molecule has 2 atom stereocenters. The molecule has 1 aliphatic heterocycles. The van der Waals surface area contributed by atoms with E-state index in [4.69, 9.17) is 4.74 Å². The van der Waals surface area contributed by atoms with Crippen LogP contribution in [0.5, 0.6) is 0 Å². The number of nitrogens with one attached hydrogen (secondary N) is 2. The van der Waals surface area contributed by atoms with Crippen LogP contribution in [-0.2, 0) is 11.3 Å². The summed E-state index contributed by atoms with van der Waals surface area (Å²) < 4.78 is 5.09. The molecule has 2 unspecified atom stereocenters. The molecule has 4 nitrogen and oxygen atoms in total. The summed E-state index contributed by atoms with van der Waals surface area (Å²) in [5.74, 6) is -0.00139. The number of amides is 1. The fraction of sp³-hybridized carbons (Fsp3) is 0.533. The summed E-state index contributed by atoms with van der Waals surface area (Å²) in [5, 5.41) is 6.50. The summed E-state index contributed by atoms with van der Waals surface area (Å²) in [5.41, 5.74) is 1.72. The first-order chi connectivity index (χ1) is 9.20. The highest BCUT2D eigenvalue weighted by Crippen LogP contribution is 2.11. The van der Waals surface area contributed by atoms with Gasteiger partial charge in [0.05, 0.1) is 6.61 Å². The van der Waals surface area contributed by atoms with Crippen LogP contribution >= 0.6 is 12.4 Å². The molecular formula is C15H23ClN2O2. The van der Waals surface area contributed by atoms with Gasteiger partial charge >= 0.3 is 0 Å². The molecule has 0 aliphatic carbocycles. The van der Waals surface area contributed by atoms with Gasteiger partial charge in [0, 0.05) is 24.8 Å². The molecule has 1 aromatic carbocycles. The first kappa shape index (κ1) is 17.0. The summed E-state index contributed by atoms with van der Waals surface area (Å²) in [6.45, 7) is 3.69. The number of methoxy groups -OCH3 is 1. The van der Waals surface area contributed by atoms with E-state index in [-0.39, 0.29) is 24.4 Å². The zero-order valence-electron chi connectivity index (χ0n) is 12.0. The van der Waals surface area contributed by atoms with E-state index < -0.39 is 0 Å². The van der Waals surface area contributed by atoms with Crippen molar-refractivity contribution in [3.05, 3.63) is 35.4 Å². The molecule has 2 rings (SSSR count). The summed E-state index contributed by atoms with van der Waals surface area (Å²) in [6.07, 6.45) is 2.15. The number of piperidine rings is 1. The summed E-state index contributed by atoms with van der Waals surface area (Å²) >= 11 is 0. The highest BCUT2D eigenvalue weighted by molar-refractivity contribution is 5.94. The van der Waals surface area contributed by atoms with Crippen molar-refractivity contribution in [1.29, 1.82) is 0 Å². The van der Waals surface area contributed by atoms with Crippen molar-refractivity contribution in [2.24, 2.45) is 0 Å². The first-order valence-corrected chi connectivity index (χ1v) is 6.83. The molecule has 5 heteroatoms. The van der Waals surface area contributed by atoms with Gasteiger partial charge in [-0.1, -0.05) is 12.1 Å². The zero-order chi connectivity index (χ0) is 13.7. The number of carbonyl (C=O) groups excluding carboxylic acids is 1. The monoisotopic (exact) mass is 298 g/mol. The van der Waals surface area contributed by atoms with Crippen molar-refractivity contribution in [2.45, 2.75) is 38.5 Å². The Morgan fingerprint density at radius 3 is 3.00 bits per heavy atom. The molecule has 0 aromatic heterocycles. The molecule has 0 spiro atoms. The Hall–Kier alpha value is -1.10. The molecular weight excluding hydrogens is 276 g/mol. The van der Waals surface area contributed by atoms with E-state index in [1.54, 1.807) is 7.11 Å². The van der Waals surface area contributed by atoms with E-state index in [1.807, 2.05) is 24.3 Å². The van der Waals surface area contributed by atoms with Gasteiger partial charge in [-0.05, 0) is 44.0 Å². The smallest absolute Gasteiger partial charge is 0.251 e. The topological polar surface area (TPSA) is 50.4 Å². The summed E-state index contributed by atoms with van der Waals surface area (Å²) in [6, 6.07) is 8.14. The Balaban J connectivity index is 0.00000200. The highest BCUT2D eigenvalue weighted by Gasteiger charge is 2.22. The van der Waals surface area contributed by atoms with Crippen LogP contribution in [0.4, 0.5) is 0 Å². The Morgan fingerprint density at radius 2 is 2.30 bits per heavy atom. The minimum Gasteiger partial charge on any atom is -0.380 e. The minimum atomic E-state index is -0.00139. The highest BCUT2D eigenvalue weighted by atomic mass is 35.5. The largest absolute Gasteiger partial charge is 0.380 e. The lowest BCUT2D eigenvalue weighted by molar-refractivity contribution is 0.0919. The predicted molar refractivity (Wildman–Crippen MR) is 82.4 cm³/mol. The van der Waals surface area contributed by atoms with Gasteiger partial charge in [-0.25, -0.2) is 0 Å². The number of hydrogen-bond acceptors (Lipinski definition) is 3. The Morgan fingerprint density at radius 1 is 1.50 bits per heavy atom. The van der Waals surface area contributed by atoms with Crippen LogP contribution in [0.3, 0.4) is 0 Å². The van der Waals surface area contributed by atoms with Gasteiger partial charge in [-0.3, -0.25) is 4.79 Å². The molecule has 1 aromatic rings. The summed E-state index contributed by atoms with van der Waals surface area (Å²) in [4.78, 5) is 12.2. The van der Waals surface area contributed by atoms with E-state index in [1.165, 1.54) is 0 Å². The molecule has 1 aliphatic rings. The second-order valence-electron chi connectivity index (χ2n) is 5.10. The van der Waals surface area contributed by atoms with Crippen molar-refractivity contribution in [2.75, 3.05) is 13.7 Å². The van der Waals surface area contributed by atoms with Gasteiger partial charge in [0.15, 0.2) is 0 Å². The minimum absolute atomic E-state index is 0. The van der Waals surface area contributed by atoms with Crippen molar-refractivity contribution < 1.29 is 9.53 Å². The van der Waals surface area contributed by atoms with Crippen LogP contribution in [0.1, 0.15) is 35.7 Å². The van der Waals surface area contributed by atoms with Gasteiger partial charge in [-0.15, -0.1) is 12.4 Å². The normalized spacial score (nSPS) is 21.9. The van der Waals surface area contributed by atoms with Gasteiger partial charge in [0.1, 0.15) is 0 Å². The average Bonchev–Trinajstić information content (AvgIpc) is 2.42. The van der Waals surface area contributed by atoms with Crippen molar-refractivity contribution in [1.82, 2.24) is 10.6 Å². The van der Waals surface area contributed by atoms with Crippen LogP contribution in [0.2, 0.25) is 0 Å². The molecule has 0 saturated carbocycles. The van der Waals surface area contributed by atoms with Gasteiger partial charge in [0.2, 0.25) is 0 Å². The van der Waals surface area contributed by atoms with E-state index in [0.29, 0.717) is 18.2 Å². The standard InChI is InChI=1S/C15H22N2O2.ClH/c1-11-14(7-4-8-16-11)17-15(18)13-6-3-5-12(9-13)10-19-2;/h3,5-6,9,11,14,16H,4,7-8,10H2,1-2H3,(H,17,18);1H. The maximum atomic E-state index is 12.2. The Labute approximate surface area is 126 Å². The fourth-order valence-corrected chi connectivity index (χ4v) is 2.46. The Bertz CT molecular complexity index is 440. The van der Waals surface area contributed by atoms with Gasteiger partial charge < -0.3 is 15.4 Å². The summed E-state index contributed by atoms with van der Waals surface area (Å²) in [7, 11) is 1.65. The third-order valence-electron chi connectivity index (χ3n) is 3.58. The number of carbonyl (C=O) groups is 1. The van der Waals surface area contributed by atoms with Crippen LogP contribution in [0.15, 0.2) is 24.3 Å². The molecule has 1 saturated heterocycles. The van der Waals surface area contributed by atoms with E-state index in [0.717, 1.165) is 24.9 Å². The molecule has 112 valence electrons.